The number of hydrogen-bond donors (Lipinski definition) is 1. The molecule has 2 aromatic carbocycles. The Morgan fingerprint density at radius 3 is 2.53 bits per heavy atom. The van der Waals surface area contributed by atoms with Gasteiger partial charge in [-0.1, -0.05) is 40.2 Å². The van der Waals surface area contributed by atoms with E-state index in [1.165, 1.54) is 0 Å². The second-order valence-corrected chi connectivity index (χ2v) is 4.69. The Morgan fingerprint density at radius 2 is 1.82 bits per heavy atom. The highest BCUT2D eigenvalue weighted by Crippen LogP contribution is 2.31. The summed E-state index contributed by atoms with van der Waals surface area (Å²) in [6, 6.07) is 11.3. The Morgan fingerprint density at radius 1 is 1.12 bits per heavy atom. The van der Waals surface area contributed by atoms with Crippen LogP contribution in [-0.2, 0) is 0 Å². The Bertz CT molecular complexity index is 746. The van der Waals surface area contributed by atoms with E-state index in [-0.39, 0.29) is 5.69 Å². The van der Waals surface area contributed by atoms with Gasteiger partial charge in [0.1, 0.15) is 0 Å². The second-order valence-electron chi connectivity index (χ2n) is 3.84. The molecule has 0 unspecified atom stereocenters. The lowest BCUT2D eigenvalue weighted by atomic mass is 10.1. The van der Waals surface area contributed by atoms with E-state index in [1.807, 2.05) is 30.3 Å². The van der Waals surface area contributed by atoms with Crippen LogP contribution in [0.1, 0.15) is 10.5 Å². The van der Waals surface area contributed by atoms with Crippen LogP contribution < -0.4 is 5.11 Å². The monoisotopic (exact) mass is 288 g/mol. The van der Waals surface area contributed by atoms with E-state index in [2.05, 4.69) is 20.9 Å². The predicted octanol–water partition coefficient (Wildman–Crippen LogP) is 2.45. The van der Waals surface area contributed by atoms with Crippen molar-refractivity contribution in [1.29, 1.82) is 0 Å². The van der Waals surface area contributed by atoms with E-state index < -0.39 is 5.97 Å². The zero-order chi connectivity index (χ0) is 12.0. The molecule has 1 aromatic heterocycles. The summed E-state index contributed by atoms with van der Waals surface area (Å²) >= 11 is 3.48. The molecule has 0 atom stereocenters. The van der Waals surface area contributed by atoms with Crippen molar-refractivity contribution >= 4 is 43.6 Å². The number of aromatic carboxylic acids is 1. The van der Waals surface area contributed by atoms with Crippen LogP contribution in [0.4, 0.5) is 0 Å². The molecule has 0 saturated heterocycles. The molecule has 0 amide bonds. The van der Waals surface area contributed by atoms with Crippen molar-refractivity contribution in [3.05, 3.63) is 46.6 Å². The lowest BCUT2D eigenvalue weighted by Crippen LogP contribution is -2.22. The molecule has 0 bridgehead atoms. The van der Waals surface area contributed by atoms with E-state index in [0.717, 1.165) is 26.1 Å². The van der Waals surface area contributed by atoms with Crippen LogP contribution in [0, 0.1) is 0 Å². The molecule has 0 radical (unpaired) electrons. The van der Waals surface area contributed by atoms with Gasteiger partial charge in [-0.2, -0.15) is 0 Å². The molecule has 0 spiro atoms. The lowest BCUT2D eigenvalue weighted by Gasteiger charge is -2.01. The standard InChI is InChI=1S/C13H8BrNO2/c14-10-6-11-9(5-12(15-11)13(16)17)7-3-1-2-4-8(7)10/h1-6,15H,(H,16,17)/p-1. The SMILES string of the molecule is O=C([O-])c1cc2c(cc(Br)c3ccccc32)[nH]1. The van der Waals surface area contributed by atoms with Gasteiger partial charge < -0.3 is 14.9 Å². The second kappa shape index (κ2) is 3.60. The van der Waals surface area contributed by atoms with Crippen LogP contribution in [0.25, 0.3) is 21.7 Å². The first-order chi connectivity index (χ1) is 8.16. The van der Waals surface area contributed by atoms with Crippen molar-refractivity contribution in [2.75, 3.05) is 0 Å². The number of hydrogen-bond acceptors (Lipinski definition) is 2. The van der Waals surface area contributed by atoms with Crippen molar-refractivity contribution < 1.29 is 9.90 Å². The molecule has 1 heterocycles. The van der Waals surface area contributed by atoms with E-state index in [0.29, 0.717) is 0 Å². The number of rotatable bonds is 1. The highest BCUT2D eigenvalue weighted by Gasteiger charge is 2.08. The smallest absolute Gasteiger partial charge is 0.0878 e. The van der Waals surface area contributed by atoms with Gasteiger partial charge in [-0.25, -0.2) is 0 Å². The van der Waals surface area contributed by atoms with E-state index >= 15 is 0 Å². The molecule has 0 aliphatic heterocycles. The minimum Gasteiger partial charge on any atom is -0.543 e. The number of carboxylic acid groups (broad SMARTS) is 1. The van der Waals surface area contributed by atoms with Crippen LogP contribution >= 0.6 is 15.9 Å². The van der Waals surface area contributed by atoms with Crippen molar-refractivity contribution in [1.82, 2.24) is 4.98 Å². The number of fused-ring (bicyclic) bond motifs is 3. The van der Waals surface area contributed by atoms with Crippen molar-refractivity contribution in [2.24, 2.45) is 0 Å². The molecule has 0 saturated carbocycles. The Hall–Kier alpha value is -1.81. The number of carbonyl (C=O) groups is 1. The molecular weight excluding hydrogens is 282 g/mol. The maximum Gasteiger partial charge on any atom is 0.0878 e. The number of nitrogens with one attached hydrogen (secondary N) is 1. The van der Waals surface area contributed by atoms with Crippen molar-refractivity contribution in [3.63, 3.8) is 0 Å². The largest absolute Gasteiger partial charge is 0.543 e. The summed E-state index contributed by atoms with van der Waals surface area (Å²) in [5.74, 6) is -1.19. The summed E-state index contributed by atoms with van der Waals surface area (Å²) in [7, 11) is 0. The summed E-state index contributed by atoms with van der Waals surface area (Å²) in [5, 5.41) is 13.8. The van der Waals surface area contributed by atoms with Crippen molar-refractivity contribution in [2.45, 2.75) is 0 Å². The Labute approximate surface area is 105 Å². The predicted molar refractivity (Wildman–Crippen MR) is 67.8 cm³/mol. The van der Waals surface area contributed by atoms with Gasteiger partial charge in [0.2, 0.25) is 0 Å². The number of H-pyrrole nitrogens is 1. The Balaban J connectivity index is 2.50. The molecule has 3 nitrogen and oxygen atoms in total. The van der Waals surface area contributed by atoms with Crippen molar-refractivity contribution in [3.8, 4) is 0 Å². The fraction of sp³-hybridized carbons (Fsp3) is 0. The van der Waals surface area contributed by atoms with Crippen LogP contribution in [0.15, 0.2) is 40.9 Å². The summed E-state index contributed by atoms with van der Waals surface area (Å²) in [4.78, 5) is 13.7. The minimum atomic E-state index is -1.19. The third-order valence-electron chi connectivity index (χ3n) is 2.81. The summed E-state index contributed by atoms with van der Waals surface area (Å²) in [6.07, 6.45) is 0. The first kappa shape index (κ1) is 10.4. The highest BCUT2D eigenvalue weighted by atomic mass is 79.9. The van der Waals surface area contributed by atoms with Gasteiger partial charge in [0.25, 0.3) is 0 Å². The first-order valence-corrected chi connectivity index (χ1v) is 5.87. The van der Waals surface area contributed by atoms with Crippen LogP contribution in [0.3, 0.4) is 0 Å². The zero-order valence-electron chi connectivity index (χ0n) is 8.66. The molecule has 3 aromatic rings. The number of halogens is 1. The molecular formula is C13H7BrNO2-. The first-order valence-electron chi connectivity index (χ1n) is 5.08. The number of carboxylic acids is 1. The summed E-state index contributed by atoms with van der Waals surface area (Å²) < 4.78 is 0.937. The van der Waals surface area contributed by atoms with Gasteiger partial charge in [0, 0.05) is 15.4 Å². The summed E-state index contributed by atoms with van der Waals surface area (Å²) in [5.41, 5.74) is 0.887. The summed E-state index contributed by atoms with van der Waals surface area (Å²) in [6.45, 7) is 0. The average Bonchev–Trinajstić information content (AvgIpc) is 2.73. The topological polar surface area (TPSA) is 55.9 Å². The van der Waals surface area contributed by atoms with Crippen LogP contribution in [0.5, 0.6) is 0 Å². The fourth-order valence-electron chi connectivity index (χ4n) is 2.05. The lowest BCUT2D eigenvalue weighted by molar-refractivity contribution is -0.255. The molecule has 1 N–H and O–H groups in total. The number of aromatic nitrogens is 1. The van der Waals surface area contributed by atoms with Crippen LogP contribution in [0.2, 0.25) is 0 Å². The van der Waals surface area contributed by atoms with E-state index in [4.69, 9.17) is 0 Å². The molecule has 4 heteroatoms. The molecule has 3 rings (SSSR count). The minimum absolute atomic E-state index is 0.100. The molecule has 17 heavy (non-hydrogen) atoms. The maximum atomic E-state index is 10.8. The van der Waals surface area contributed by atoms with Gasteiger partial charge >= 0.3 is 0 Å². The van der Waals surface area contributed by atoms with Gasteiger partial charge in [0.05, 0.1) is 11.7 Å². The molecule has 0 aliphatic rings. The average molecular weight is 289 g/mol. The van der Waals surface area contributed by atoms with Gasteiger partial charge in [0.15, 0.2) is 0 Å². The highest BCUT2D eigenvalue weighted by molar-refractivity contribution is 9.10. The normalized spacial score (nSPS) is 11.1. The molecule has 0 aliphatic carbocycles. The quantitative estimate of drug-likeness (QED) is 0.748. The van der Waals surface area contributed by atoms with Crippen LogP contribution in [-0.4, -0.2) is 11.0 Å². The third kappa shape index (κ3) is 1.52. The van der Waals surface area contributed by atoms with E-state index in [9.17, 15) is 9.90 Å². The van der Waals surface area contributed by atoms with Gasteiger partial charge in [-0.15, -0.1) is 0 Å². The fourth-order valence-corrected chi connectivity index (χ4v) is 2.62. The molecule has 84 valence electrons. The van der Waals surface area contributed by atoms with Gasteiger partial charge in [-0.05, 0) is 22.9 Å². The number of carbonyl (C=O) groups excluding carboxylic acids is 1. The molecule has 0 fully saturated rings. The third-order valence-corrected chi connectivity index (χ3v) is 3.47. The van der Waals surface area contributed by atoms with E-state index in [1.54, 1.807) is 6.07 Å². The number of aromatic amines is 1. The Kier molecular flexibility index (Phi) is 2.19. The zero-order valence-corrected chi connectivity index (χ0v) is 10.2. The maximum absolute atomic E-state index is 10.8. The van der Waals surface area contributed by atoms with Gasteiger partial charge in [-0.3, -0.25) is 0 Å². The number of benzene rings is 2.